The van der Waals surface area contributed by atoms with Crippen molar-refractivity contribution in [3.05, 3.63) is 21.3 Å². The standard InChI is InChI=1S/C6H6ClN3O2S/c7-4-1-3(2-13-4)5(11)9-10-6(8)12/h1-2H,(H,9,11)(H3,8,10,12). The van der Waals surface area contributed by atoms with Gasteiger partial charge in [0.2, 0.25) is 0 Å². The van der Waals surface area contributed by atoms with Crippen LogP contribution in [0.15, 0.2) is 11.4 Å². The first kappa shape index (κ1) is 9.82. The zero-order valence-electron chi connectivity index (χ0n) is 6.33. The predicted octanol–water partition coefficient (Wildman–Crippen LogP) is 0.715. The summed E-state index contributed by atoms with van der Waals surface area (Å²) >= 11 is 6.82. The minimum atomic E-state index is -0.824. The molecule has 0 bridgehead atoms. The lowest BCUT2D eigenvalue weighted by Crippen LogP contribution is -2.44. The lowest BCUT2D eigenvalue weighted by atomic mass is 10.3. The number of nitrogens with two attached hydrogens (primary N) is 1. The fraction of sp³-hybridized carbons (Fsp3) is 0. The average Bonchev–Trinajstić information content (AvgIpc) is 2.47. The first-order chi connectivity index (χ1) is 6.09. The first-order valence-corrected chi connectivity index (χ1v) is 4.45. The van der Waals surface area contributed by atoms with E-state index in [0.717, 1.165) is 0 Å². The summed E-state index contributed by atoms with van der Waals surface area (Å²) in [6, 6.07) is 0.666. The minimum Gasteiger partial charge on any atom is -0.350 e. The highest BCUT2D eigenvalue weighted by molar-refractivity contribution is 7.14. The van der Waals surface area contributed by atoms with Crippen molar-refractivity contribution in [2.45, 2.75) is 0 Å². The molecular formula is C6H6ClN3O2S. The highest BCUT2D eigenvalue weighted by atomic mass is 35.5. The molecule has 0 saturated heterocycles. The van der Waals surface area contributed by atoms with E-state index in [1.54, 1.807) is 5.38 Å². The van der Waals surface area contributed by atoms with Crippen molar-refractivity contribution in [3.63, 3.8) is 0 Å². The number of thiophene rings is 1. The van der Waals surface area contributed by atoms with E-state index in [4.69, 9.17) is 17.3 Å². The van der Waals surface area contributed by atoms with Crippen LogP contribution in [0.3, 0.4) is 0 Å². The summed E-state index contributed by atoms with van der Waals surface area (Å²) in [5.74, 6) is -0.457. The van der Waals surface area contributed by atoms with Gasteiger partial charge in [-0.3, -0.25) is 10.2 Å². The molecule has 1 heterocycles. The van der Waals surface area contributed by atoms with Gasteiger partial charge in [-0.15, -0.1) is 11.3 Å². The van der Waals surface area contributed by atoms with Gasteiger partial charge in [0.15, 0.2) is 0 Å². The van der Waals surface area contributed by atoms with Crippen LogP contribution in [0.1, 0.15) is 10.4 Å². The van der Waals surface area contributed by atoms with Gasteiger partial charge in [-0.1, -0.05) is 11.6 Å². The fourth-order valence-corrected chi connectivity index (χ4v) is 1.48. The summed E-state index contributed by atoms with van der Waals surface area (Å²) in [4.78, 5) is 21.3. The van der Waals surface area contributed by atoms with Crippen molar-refractivity contribution in [2.75, 3.05) is 0 Å². The molecule has 0 fully saturated rings. The molecule has 0 aliphatic rings. The summed E-state index contributed by atoms with van der Waals surface area (Å²) in [6.45, 7) is 0. The molecule has 0 unspecified atom stereocenters. The number of hydrogen-bond acceptors (Lipinski definition) is 3. The number of hydrazine groups is 1. The molecule has 1 rings (SSSR count). The van der Waals surface area contributed by atoms with E-state index in [1.165, 1.54) is 17.4 Å². The minimum absolute atomic E-state index is 0.378. The van der Waals surface area contributed by atoms with Gasteiger partial charge in [0, 0.05) is 5.38 Å². The Morgan fingerprint density at radius 3 is 2.62 bits per heavy atom. The fourth-order valence-electron chi connectivity index (χ4n) is 0.620. The number of halogens is 1. The molecule has 0 radical (unpaired) electrons. The second-order valence-electron chi connectivity index (χ2n) is 2.08. The molecule has 0 saturated carbocycles. The number of urea groups is 1. The largest absolute Gasteiger partial charge is 0.350 e. The number of hydrogen-bond donors (Lipinski definition) is 3. The molecule has 3 amide bonds. The van der Waals surface area contributed by atoms with Crippen LogP contribution < -0.4 is 16.6 Å². The predicted molar refractivity (Wildman–Crippen MR) is 49.5 cm³/mol. The van der Waals surface area contributed by atoms with Gasteiger partial charge in [-0.05, 0) is 6.07 Å². The van der Waals surface area contributed by atoms with Gasteiger partial charge in [0.1, 0.15) is 0 Å². The molecule has 0 spiro atoms. The maximum Gasteiger partial charge on any atom is 0.330 e. The lowest BCUT2D eigenvalue weighted by molar-refractivity contribution is 0.0938. The van der Waals surface area contributed by atoms with Gasteiger partial charge in [0.05, 0.1) is 9.90 Å². The number of rotatable bonds is 1. The Balaban J connectivity index is 2.54. The summed E-state index contributed by atoms with van der Waals surface area (Å²) in [7, 11) is 0. The van der Waals surface area contributed by atoms with Gasteiger partial charge < -0.3 is 5.73 Å². The lowest BCUT2D eigenvalue weighted by Gasteiger charge is -2.01. The van der Waals surface area contributed by atoms with Gasteiger partial charge in [-0.25, -0.2) is 10.2 Å². The molecular weight excluding hydrogens is 214 g/mol. The Bertz CT molecular complexity index is 338. The maximum absolute atomic E-state index is 11.1. The van der Waals surface area contributed by atoms with Crippen LogP contribution in [-0.2, 0) is 0 Å². The molecule has 0 aliphatic carbocycles. The van der Waals surface area contributed by atoms with E-state index in [9.17, 15) is 9.59 Å². The van der Waals surface area contributed by atoms with Crippen molar-refractivity contribution < 1.29 is 9.59 Å². The Labute approximate surface area is 82.8 Å². The van der Waals surface area contributed by atoms with Crippen LogP contribution in [0.5, 0.6) is 0 Å². The highest BCUT2D eigenvalue weighted by Gasteiger charge is 2.07. The van der Waals surface area contributed by atoms with Crippen LogP contribution in [0, 0.1) is 0 Å². The summed E-state index contributed by atoms with van der Waals surface area (Å²) in [5, 5.41) is 1.57. The average molecular weight is 220 g/mol. The van der Waals surface area contributed by atoms with Crippen LogP contribution in [-0.4, -0.2) is 11.9 Å². The molecule has 0 aromatic carbocycles. The van der Waals surface area contributed by atoms with Crippen molar-refractivity contribution in [1.82, 2.24) is 10.9 Å². The van der Waals surface area contributed by atoms with Crippen molar-refractivity contribution in [3.8, 4) is 0 Å². The van der Waals surface area contributed by atoms with E-state index < -0.39 is 11.9 Å². The van der Waals surface area contributed by atoms with E-state index in [1.807, 2.05) is 5.43 Å². The zero-order valence-corrected chi connectivity index (χ0v) is 7.91. The molecule has 13 heavy (non-hydrogen) atoms. The first-order valence-electron chi connectivity index (χ1n) is 3.19. The number of carbonyl (C=O) groups is 2. The van der Waals surface area contributed by atoms with Crippen LogP contribution >= 0.6 is 22.9 Å². The molecule has 4 N–H and O–H groups in total. The van der Waals surface area contributed by atoms with Gasteiger partial charge in [-0.2, -0.15) is 0 Å². The molecule has 1 aromatic rings. The van der Waals surface area contributed by atoms with Crippen LogP contribution in [0.25, 0.3) is 0 Å². The SMILES string of the molecule is NC(=O)NNC(=O)c1csc(Cl)c1. The second-order valence-corrected chi connectivity index (χ2v) is 3.63. The maximum atomic E-state index is 11.1. The normalized spacial score (nSPS) is 9.31. The van der Waals surface area contributed by atoms with Gasteiger partial charge >= 0.3 is 6.03 Å². The number of nitrogens with one attached hydrogen (secondary N) is 2. The monoisotopic (exact) mass is 219 g/mol. The number of amides is 3. The summed E-state index contributed by atoms with van der Waals surface area (Å²) in [5.41, 5.74) is 9.16. The van der Waals surface area contributed by atoms with Crippen molar-refractivity contribution in [1.29, 1.82) is 0 Å². The Kier molecular flexibility index (Phi) is 3.10. The third-order valence-corrected chi connectivity index (χ3v) is 2.22. The molecule has 70 valence electrons. The van der Waals surface area contributed by atoms with E-state index in [-0.39, 0.29) is 0 Å². The van der Waals surface area contributed by atoms with Gasteiger partial charge in [0.25, 0.3) is 5.91 Å². The zero-order chi connectivity index (χ0) is 9.84. The van der Waals surface area contributed by atoms with Crippen LogP contribution in [0.4, 0.5) is 4.79 Å². The molecule has 0 atom stereocenters. The van der Waals surface area contributed by atoms with Crippen molar-refractivity contribution in [2.24, 2.45) is 5.73 Å². The molecule has 1 aromatic heterocycles. The van der Waals surface area contributed by atoms with Crippen LogP contribution in [0.2, 0.25) is 4.34 Å². The molecule has 5 nitrogen and oxygen atoms in total. The molecule has 0 aliphatic heterocycles. The smallest absolute Gasteiger partial charge is 0.330 e. The third kappa shape index (κ3) is 2.92. The summed E-state index contributed by atoms with van der Waals surface area (Å²) in [6.07, 6.45) is 0. The van der Waals surface area contributed by atoms with E-state index in [0.29, 0.717) is 9.90 Å². The van der Waals surface area contributed by atoms with Crippen molar-refractivity contribution >= 4 is 34.9 Å². The second kappa shape index (κ2) is 4.11. The Hall–Kier alpha value is -1.27. The van der Waals surface area contributed by atoms with E-state index >= 15 is 0 Å². The quantitative estimate of drug-likeness (QED) is 0.608. The summed E-state index contributed by atoms with van der Waals surface area (Å²) < 4.78 is 0.504. The topological polar surface area (TPSA) is 84.2 Å². The Morgan fingerprint density at radius 1 is 1.46 bits per heavy atom. The molecule has 7 heteroatoms. The highest BCUT2D eigenvalue weighted by Crippen LogP contribution is 2.19. The van der Waals surface area contributed by atoms with E-state index in [2.05, 4.69) is 5.43 Å². The number of carbonyl (C=O) groups excluding carboxylic acids is 2. The third-order valence-electron chi connectivity index (χ3n) is 1.13. The Morgan fingerprint density at radius 2 is 2.15 bits per heavy atom. The number of primary amides is 1.